The molecule has 0 N–H and O–H groups in total. The molecule has 1 atom stereocenters. The van der Waals surface area contributed by atoms with Gasteiger partial charge in [-0.1, -0.05) is 0 Å². The standard InChI is InChI=1S/C15H12FN5O3/c1-10(24-14-3-2-6-17-15(14)21(22)23)12-9-11(16)4-5-13(12)20-18-7-8-19-20/h2-10H,1H3. The first-order valence-electron chi connectivity index (χ1n) is 6.98. The summed E-state index contributed by atoms with van der Waals surface area (Å²) in [5.41, 5.74) is 0.963. The van der Waals surface area contributed by atoms with Gasteiger partial charge in [-0.2, -0.15) is 15.0 Å². The Hall–Kier alpha value is -3.36. The van der Waals surface area contributed by atoms with E-state index in [4.69, 9.17) is 4.74 Å². The lowest BCUT2D eigenvalue weighted by Crippen LogP contribution is -2.11. The molecule has 24 heavy (non-hydrogen) atoms. The van der Waals surface area contributed by atoms with Crippen molar-refractivity contribution in [3.63, 3.8) is 0 Å². The van der Waals surface area contributed by atoms with E-state index in [1.807, 2.05) is 0 Å². The smallest absolute Gasteiger partial charge is 0.406 e. The quantitative estimate of drug-likeness (QED) is 0.527. The Kier molecular flexibility index (Phi) is 4.15. The van der Waals surface area contributed by atoms with Crippen LogP contribution in [0.5, 0.6) is 5.75 Å². The van der Waals surface area contributed by atoms with Gasteiger partial charge in [0.05, 0.1) is 18.1 Å². The molecule has 0 saturated heterocycles. The summed E-state index contributed by atoms with van der Waals surface area (Å²) < 4.78 is 19.3. The predicted molar refractivity (Wildman–Crippen MR) is 81.3 cm³/mol. The van der Waals surface area contributed by atoms with Gasteiger partial charge in [-0.3, -0.25) is 0 Å². The summed E-state index contributed by atoms with van der Waals surface area (Å²) in [6, 6.07) is 7.04. The molecule has 0 bridgehead atoms. The van der Waals surface area contributed by atoms with Gasteiger partial charge in [0, 0.05) is 5.56 Å². The van der Waals surface area contributed by atoms with Crippen molar-refractivity contribution in [3.8, 4) is 11.4 Å². The maximum Gasteiger partial charge on any atom is 0.406 e. The van der Waals surface area contributed by atoms with Crippen LogP contribution in [0.1, 0.15) is 18.6 Å². The van der Waals surface area contributed by atoms with E-state index in [0.29, 0.717) is 11.3 Å². The van der Waals surface area contributed by atoms with Crippen molar-refractivity contribution >= 4 is 5.82 Å². The van der Waals surface area contributed by atoms with Gasteiger partial charge in [0.1, 0.15) is 18.1 Å². The molecule has 2 heterocycles. The highest BCUT2D eigenvalue weighted by Crippen LogP contribution is 2.31. The monoisotopic (exact) mass is 329 g/mol. The summed E-state index contributed by atoms with van der Waals surface area (Å²) in [6.07, 6.45) is 3.59. The van der Waals surface area contributed by atoms with E-state index in [1.165, 1.54) is 53.7 Å². The molecule has 1 aromatic carbocycles. The van der Waals surface area contributed by atoms with Crippen LogP contribution in [0.25, 0.3) is 5.69 Å². The van der Waals surface area contributed by atoms with Crippen LogP contribution < -0.4 is 4.74 Å². The molecule has 3 rings (SSSR count). The van der Waals surface area contributed by atoms with Crippen molar-refractivity contribution in [3.05, 3.63) is 70.4 Å². The summed E-state index contributed by atoms with van der Waals surface area (Å²) in [5, 5.41) is 19.1. The Balaban J connectivity index is 1.98. The second-order valence-corrected chi connectivity index (χ2v) is 4.86. The molecular formula is C15H12FN5O3. The first-order chi connectivity index (χ1) is 11.6. The fourth-order valence-electron chi connectivity index (χ4n) is 2.24. The maximum absolute atomic E-state index is 13.7. The molecule has 2 aromatic heterocycles. The van der Waals surface area contributed by atoms with E-state index in [1.54, 1.807) is 6.92 Å². The third-order valence-corrected chi connectivity index (χ3v) is 3.29. The van der Waals surface area contributed by atoms with Crippen molar-refractivity contribution in [2.45, 2.75) is 13.0 Å². The van der Waals surface area contributed by atoms with Crippen LogP contribution in [0.2, 0.25) is 0 Å². The SMILES string of the molecule is CC(Oc1cccnc1[N+](=O)[O-])c1cc(F)ccc1-n1nccn1. The van der Waals surface area contributed by atoms with Crippen LogP contribution in [-0.2, 0) is 0 Å². The lowest BCUT2D eigenvalue weighted by Gasteiger charge is -2.17. The second-order valence-electron chi connectivity index (χ2n) is 4.86. The Labute approximate surface area is 135 Å². The Morgan fingerprint density at radius 2 is 2.00 bits per heavy atom. The van der Waals surface area contributed by atoms with E-state index in [2.05, 4.69) is 15.2 Å². The lowest BCUT2D eigenvalue weighted by molar-refractivity contribution is -0.390. The first-order valence-corrected chi connectivity index (χ1v) is 6.98. The summed E-state index contributed by atoms with van der Waals surface area (Å²) in [5.74, 6) is -0.866. The highest BCUT2D eigenvalue weighted by Gasteiger charge is 2.21. The average Bonchev–Trinajstić information content (AvgIpc) is 3.09. The summed E-state index contributed by atoms with van der Waals surface area (Å²) in [4.78, 5) is 15.4. The molecule has 0 saturated carbocycles. The predicted octanol–water partition coefficient (Wildman–Crippen LogP) is 2.85. The van der Waals surface area contributed by atoms with Gasteiger partial charge in [-0.05, 0) is 47.2 Å². The Bertz CT molecular complexity index is 869. The van der Waals surface area contributed by atoms with Crippen molar-refractivity contribution in [2.75, 3.05) is 0 Å². The van der Waals surface area contributed by atoms with Crippen molar-refractivity contribution in [1.29, 1.82) is 0 Å². The molecule has 0 fully saturated rings. The Morgan fingerprint density at radius 1 is 1.25 bits per heavy atom. The number of benzene rings is 1. The number of aromatic nitrogens is 4. The van der Waals surface area contributed by atoms with E-state index < -0.39 is 22.7 Å². The van der Waals surface area contributed by atoms with E-state index >= 15 is 0 Å². The van der Waals surface area contributed by atoms with Crippen LogP contribution in [0, 0.1) is 15.9 Å². The minimum absolute atomic E-state index is 0.00126. The van der Waals surface area contributed by atoms with Crippen LogP contribution >= 0.6 is 0 Å². The lowest BCUT2D eigenvalue weighted by atomic mass is 10.1. The van der Waals surface area contributed by atoms with Crippen molar-refractivity contribution in [2.24, 2.45) is 0 Å². The van der Waals surface area contributed by atoms with E-state index in [-0.39, 0.29) is 5.75 Å². The van der Waals surface area contributed by atoms with Gasteiger partial charge in [0.15, 0.2) is 0 Å². The summed E-state index contributed by atoms with van der Waals surface area (Å²) in [6.45, 7) is 1.65. The minimum Gasteiger partial charge on any atom is -0.478 e. The van der Waals surface area contributed by atoms with E-state index in [9.17, 15) is 14.5 Å². The molecule has 0 amide bonds. The zero-order valence-electron chi connectivity index (χ0n) is 12.5. The molecule has 0 aliphatic rings. The molecule has 9 heteroatoms. The van der Waals surface area contributed by atoms with Crippen LogP contribution in [0.3, 0.4) is 0 Å². The van der Waals surface area contributed by atoms with Crippen LogP contribution in [-0.4, -0.2) is 24.9 Å². The van der Waals surface area contributed by atoms with Gasteiger partial charge >= 0.3 is 5.82 Å². The molecular weight excluding hydrogens is 317 g/mol. The van der Waals surface area contributed by atoms with Crippen molar-refractivity contribution in [1.82, 2.24) is 20.0 Å². The molecule has 3 aromatic rings. The highest BCUT2D eigenvalue weighted by molar-refractivity contribution is 5.43. The number of rotatable bonds is 5. The topological polar surface area (TPSA) is 96.0 Å². The highest BCUT2D eigenvalue weighted by atomic mass is 19.1. The molecule has 0 spiro atoms. The van der Waals surface area contributed by atoms with Gasteiger partial charge < -0.3 is 14.9 Å². The number of halogens is 1. The third-order valence-electron chi connectivity index (χ3n) is 3.29. The third kappa shape index (κ3) is 3.05. The van der Waals surface area contributed by atoms with Gasteiger partial charge in [-0.25, -0.2) is 4.39 Å². The molecule has 122 valence electrons. The zero-order valence-corrected chi connectivity index (χ0v) is 12.5. The largest absolute Gasteiger partial charge is 0.478 e. The number of nitrogens with zero attached hydrogens (tertiary/aromatic N) is 5. The fraction of sp³-hybridized carbons (Fsp3) is 0.133. The number of hydrogen-bond donors (Lipinski definition) is 0. The molecule has 1 unspecified atom stereocenters. The maximum atomic E-state index is 13.7. The normalized spacial score (nSPS) is 11.9. The van der Waals surface area contributed by atoms with Crippen LogP contribution in [0.4, 0.5) is 10.2 Å². The molecule has 0 radical (unpaired) electrons. The van der Waals surface area contributed by atoms with E-state index in [0.717, 1.165) is 0 Å². The fourth-order valence-corrected chi connectivity index (χ4v) is 2.24. The molecule has 0 aliphatic heterocycles. The first kappa shape index (κ1) is 15.5. The van der Waals surface area contributed by atoms with Crippen molar-refractivity contribution < 1.29 is 14.1 Å². The van der Waals surface area contributed by atoms with Gasteiger partial charge in [0.2, 0.25) is 5.75 Å². The van der Waals surface area contributed by atoms with Crippen LogP contribution in [0.15, 0.2) is 48.9 Å². The Morgan fingerprint density at radius 3 is 2.71 bits per heavy atom. The van der Waals surface area contributed by atoms with Gasteiger partial charge in [0.25, 0.3) is 0 Å². The number of nitro groups is 1. The summed E-state index contributed by atoms with van der Waals surface area (Å²) in [7, 11) is 0. The number of pyridine rings is 1. The molecule has 0 aliphatic carbocycles. The average molecular weight is 329 g/mol. The van der Waals surface area contributed by atoms with Gasteiger partial charge in [-0.15, -0.1) is 0 Å². The second kappa shape index (κ2) is 6.41. The number of hydrogen-bond acceptors (Lipinski definition) is 6. The minimum atomic E-state index is -0.690. The number of ether oxygens (including phenoxy) is 1. The molecule has 8 nitrogen and oxygen atoms in total. The zero-order chi connectivity index (χ0) is 17.1. The summed E-state index contributed by atoms with van der Waals surface area (Å²) >= 11 is 0.